The van der Waals surface area contributed by atoms with Gasteiger partial charge in [-0.2, -0.15) is 0 Å². The van der Waals surface area contributed by atoms with Crippen LogP contribution in [0.5, 0.6) is 0 Å². The van der Waals surface area contributed by atoms with Crippen LogP contribution in [0.3, 0.4) is 0 Å². The fourth-order valence-corrected chi connectivity index (χ4v) is 3.38. The Morgan fingerprint density at radius 2 is 2.36 bits per heavy atom. The Labute approximate surface area is 88.7 Å². The van der Waals surface area contributed by atoms with Crippen LogP contribution in [0.25, 0.3) is 0 Å². The fraction of sp³-hybridized carbons (Fsp3) is 0.692. The van der Waals surface area contributed by atoms with Gasteiger partial charge in [0.1, 0.15) is 0 Å². The topological polar surface area (TPSA) is 0 Å². The fourth-order valence-electron chi connectivity index (χ4n) is 3.38. The number of hydrogen-bond donors (Lipinski definition) is 0. The summed E-state index contributed by atoms with van der Waals surface area (Å²) < 4.78 is 0. The number of hydrogen-bond acceptors (Lipinski definition) is 0. The predicted molar refractivity (Wildman–Crippen MR) is 64.8 cm³/mol. The Balaban J connectivity index is 2.11. The molecule has 1 heteroatoms. The summed E-state index contributed by atoms with van der Waals surface area (Å²) in [7, 11) is 1.24. The van der Waals surface area contributed by atoms with E-state index in [9.17, 15) is 0 Å². The third kappa shape index (κ3) is 1.29. The SMILES string of the molecule is C=CCBC1=CC2CC(C1C)C2(C)C. The van der Waals surface area contributed by atoms with Gasteiger partial charge in [0.05, 0.1) is 0 Å². The maximum atomic E-state index is 3.80. The number of allylic oxidation sites excluding steroid dienone is 3. The van der Waals surface area contributed by atoms with Crippen molar-refractivity contribution in [2.45, 2.75) is 33.5 Å². The summed E-state index contributed by atoms with van der Waals surface area (Å²) in [6.45, 7) is 11.1. The molecule has 0 aromatic heterocycles. The van der Waals surface area contributed by atoms with Crippen molar-refractivity contribution in [2.24, 2.45) is 23.2 Å². The molecule has 0 N–H and O–H groups in total. The Morgan fingerprint density at radius 3 is 2.86 bits per heavy atom. The lowest BCUT2D eigenvalue weighted by atomic mass is 9.42. The minimum absolute atomic E-state index is 0.580. The highest BCUT2D eigenvalue weighted by molar-refractivity contribution is 6.46. The second kappa shape index (κ2) is 3.29. The molecular weight excluding hydrogens is 167 g/mol. The first-order valence-electron chi connectivity index (χ1n) is 5.89. The average molecular weight is 188 g/mol. The van der Waals surface area contributed by atoms with Gasteiger partial charge < -0.3 is 0 Å². The van der Waals surface area contributed by atoms with E-state index in [2.05, 4.69) is 33.4 Å². The lowest BCUT2D eigenvalue weighted by Gasteiger charge is -2.58. The molecule has 0 saturated heterocycles. The zero-order valence-electron chi connectivity index (χ0n) is 9.72. The molecule has 0 amide bonds. The summed E-state index contributed by atoms with van der Waals surface area (Å²) in [6, 6.07) is 0. The summed E-state index contributed by atoms with van der Waals surface area (Å²) in [6.07, 6.45) is 7.19. The van der Waals surface area contributed by atoms with Crippen molar-refractivity contribution in [1.29, 1.82) is 0 Å². The third-order valence-corrected chi connectivity index (χ3v) is 4.66. The minimum atomic E-state index is 0.580. The van der Waals surface area contributed by atoms with E-state index in [1.54, 1.807) is 5.47 Å². The Hall–Kier alpha value is -0.455. The van der Waals surface area contributed by atoms with Crippen molar-refractivity contribution < 1.29 is 0 Å². The van der Waals surface area contributed by atoms with Gasteiger partial charge in [0.2, 0.25) is 0 Å². The van der Waals surface area contributed by atoms with Crippen LogP contribution in [0.1, 0.15) is 27.2 Å². The van der Waals surface area contributed by atoms with Gasteiger partial charge in [-0.3, -0.25) is 0 Å². The van der Waals surface area contributed by atoms with Crippen molar-refractivity contribution in [3.63, 3.8) is 0 Å². The van der Waals surface area contributed by atoms with Crippen LogP contribution in [0, 0.1) is 23.2 Å². The van der Waals surface area contributed by atoms with Gasteiger partial charge in [0.25, 0.3) is 0 Å². The van der Waals surface area contributed by atoms with Gasteiger partial charge in [-0.05, 0) is 29.6 Å². The predicted octanol–water partition coefficient (Wildman–Crippen LogP) is 3.22. The van der Waals surface area contributed by atoms with Crippen LogP contribution in [0.2, 0.25) is 6.32 Å². The number of rotatable bonds is 3. The van der Waals surface area contributed by atoms with Crippen molar-refractivity contribution >= 4 is 7.28 Å². The lowest BCUT2D eigenvalue weighted by molar-refractivity contribution is -0.0280. The van der Waals surface area contributed by atoms with Crippen LogP contribution in [-0.4, -0.2) is 7.28 Å². The van der Waals surface area contributed by atoms with E-state index in [1.165, 1.54) is 13.7 Å². The number of fused-ring (bicyclic) bond motifs is 1. The van der Waals surface area contributed by atoms with Crippen molar-refractivity contribution in [1.82, 2.24) is 0 Å². The Morgan fingerprint density at radius 1 is 1.64 bits per heavy atom. The van der Waals surface area contributed by atoms with E-state index in [1.807, 2.05) is 6.08 Å². The highest BCUT2D eigenvalue weighted by Crippen LogP contribution is 2.60. The summed E-state index contributed by atoms with van der Waals surface area (Å²) in [5.41, 5.74) is 2.28. The average Bonchev–Trinajstić information content (AvgIpc) is 2.15. The van der Waals surface area contributed by atoms with Gasteiger partial charge >= 0.3 is 0 Å². The molecule has 1 fully saturated rings. The molecule has 3 unspecified atom stereocenters. The van der Waals surface area contributed by atoms with E-state index in [-0.39, 0.29) is 0 Å². The minimum Gasteiger partial charge on any atom is -0.106 e. The highest BCUT2D eigenvalue weighted by atomic mass is 14.6. The molecule has 3 aliphatic carbocycles. The zero-order chi connectivity index (χ0) is 10.3. The molecule has 0 aromatic rings. The highest BCUT2D eigenvalue weighted by Gasteiger charge is 2.52. The van der Waals surface area contributed by atoms with E-state index in [4.69, 9.17) is 0 Å². The smallest absolute Gasteiger partial charge is 0.106 e. The maximum Gasteiger partial charge on any atom is 0.156 e. The molecular formula is C13H21B. The van der Waals surface area contributed by atoms with E-state index in [0.717, 1.165) is 24.1 Å². The second-order valence-corrected chi connectivity index (χ2v) is 5.63. The Kier molecular flexibility index (Phi) is 2.37. The van der Waals surface area contributed by atoms with Crippen molar-refractivity contribution in [2.75, 3.05) is 0 Å². The molecule has 0 heterocycles. The van der Waals surface area contributed by atoms with Gasteiger partial charge in [-0.25, -0.2) is 0 Å². The monoisotopic (exact) mass is 188 g/mol. The van der Waals surface area contributed by atoms with Crippen LogP contribution >= 0.6 is 0 Å². The molecule has 0 nitrogen and oxygen atoms in total. The summed E-state index contributed by atoms with van der Waals surface area (Å²) >= 11 is 0. The molecule has 3 aliphatic rings. The molecule has 2 bridgehead atoms. The van der Waals surface area contributed by atoms with Gasteiger partial charge in [0, 0.05) is 0 Å². The Bertz CT molecular complexity index is 275. The molecule has 0 radical (unpaired) electrons. The molecule has 0 spiro atoms. The first-order valence-corrected chi connectivity index (χ1v) is 5.89. The molecule has 0 aromatic carbocycles. The van der Waals surface area contributed by atoms with Crippen LogP contribution < -0.4 is 0 Å². The van der Waals surface area contributed by atoms with Crippen LogP contribution in [0.15, 0.2) is 24.2 Å². The third-order valence-electron chi connectivity index (χ3n) is 4.66. The van der Waals surface area contributed by atoms with Crippen molar-refractivity contribution in [3.8, 4) is 0 Å². The van der Waals surface area contributed by atoms with Gasteiger partial charge in [-0.15, -0.1) is 12.1 Å². The summed E-state index contributed by atoms with van der Waals surface area (Å²) in [5, 5.41) is 0. The second-order valence-electron chi connectivity index (χ2n) is 5.63. The van der Waals surface area contributed by atoms with Gasteiger partial charge in [-0.1, -0.05) is 39.2 Å². The molecule has 3 rings (SSSR count). The first-order chi connectivity index (χ1) is 6.57. The molecule has 14 heavy (non-hydrogen) atoms. The van der Waals surface area contributed by atoms with E-state index < -0.39 is 0 Å². The molecule has 0 aliphatic heterocycles. The van der Waals surface area contributed by atoms with Crippen molar-refractivity contribution in [3.05, 3.63) is 24.2 Å². The largest absolute Gasteiger partial charge is 0.156 e. The molecule has 76 valence electrons. The lowest BCUT2D eigenvalue weighted by Crippen LogP contribution is -2.51. The normalized spacial score (nSPS) is 38.2. The standard InChI is InChI=1S/C13H21B/c1-5-6-14-12-8-10-7-11(9(12)2)13(10,3)4/h5,8-11,14H,1,6-7H2,2-4H3. The molecule has 3 atom stereocenters. The van der Waals surface area contributed by atoms with Gasteiger partial charge in [0.15, 0.2) is 7.28 Å². The summed E-state index contributed by atoms with van der Waals surface area (Å²) in [5.74, 6) is 2.62. The van der Waals surface area contributed by atoms with Crippen LogP contribution in [0.4, 0.5) is 0 Å². The molecule has 1 saturated carbocycles. The first kappa shape index (κ1) is 10.1. The van der Waals surface area contributed by atoms with E-state index in [0.29, 0.717) is 5.41 Å². The van der Waals surface area contributed by atoms with E-state index >= 15 is 0 Å². The maximum absolute atomic E-state index is 3.80. The summed E-state index contributed by atoms with van der Waals surface area (Å²) in [4.78, 5) is 0. The quantitative estimate of drug-likeness (QED) is 0.471. The van der Waals surface area contributed by atoms with Crippen LogP contribution in [-0.2, 0) is 0 Å². The zero-order valence-corrected chi connectivity index (χ0v) is 9.72.